The molecule has 2 heteroatoms. The molecule has 2 atom stereocenters. The average Bonchev–Trinajstić information content (AvgIpc) is 2.37. The minimum atomic E-state index is 0.117. The molecule has 0 saturated heterocycles. The van der Waals surface area contributed by atoms with E-state index in [9.17, 15) is 0 Å². The van der Waals surface area contributed by atoms with Crippen LogP contribution in [-0.2, 0) is 0 Å². The van der Waals surface area contributed by atoms with E-state index < -0.39 is 0 Å². The van der Waals surface area contributed by atoms with Gasteiger partial charge in [0.2, 0.25) is 0 Å². The number of hydrogen-bond donors (Lipinski definition) is 1. The highest BCUT2D eigenvalue weighted by molar-refractivity contribution is 7.99. The molecule has 0 aliphatic heterocycles. The predicted octanol–water partition coefficient (Wildman–Crippen LogP) is 4.48. The summed E-state index contributed by atoms with van der Waals surface area (Å²) in [5.74, 6) is 0. The van der Waals surface area contributed by atoms with Crippen LogP contribution >= 0.6 is 11.8 Å². The highest BCUT2D eigenvalue weighted by Crippen LogP contribution is 2.38. The molecule has 2 aromatic carbocycles. The number of rotatable bonds is 4. The van der Waals surface area contributed by atoms with Crippen molar-refractivity contribution in [2.45, 2.75) is 37.0 Å². The third-order valence-electron chi connectivity index (χ3n) is 3.23. The molecule has 19 heavy (non-hydrogen) atoms. The first-order chi connectivity index (χ1) is 9.08. The van der Waals surface area contributed by atoms with Crippen LogP contribution < -0.4 is 5.73 Å². The fourth-order valence-electron chi connectivity index (χ4n) is 2.20. The maximum Gasteiger partial charge on any atom is 0.0495 e. The summed E-state index contributed by atoms with van der Waals surface area (Å²) in [6, 6.07) is 17.2. The summed E-state index contributed by atoms with van der Waals surface area (Å²) in [6.07, 6.45) is 0. The van der Waals surface area contributed by atoms with Crippen molar-refractivity contribution in [3.63, 3.8) is 0 Å². The highest BCUT2D eigenvalue weighted by atomic mass is 32.2. The Hall–Kier alpha value is -1.25. The number of nitrogens with two attached hydrogens (primary N) is 1. The van der Waals surface area contributed by atoms with Crippen LogP contribution in [0.5, 0.6) is 0 Å². The quantitative estimate of drug-likeness (QED) is 0.829. The lowest BCUT2D eigenvalue weighted by atomic mass is 10.0. The maximum absolute atomic E-state index is 6.20. The third kappa shape index (κ3) is 3.62. The summed E-state index contributed by atoms with van der Waals surface area (Å²) >= 11 is 1.85. The van der Waals surface area contributed by atoms with Crippen LogP contribution in [0.3, 0.4) is 0 Å². The van der Waals surface area contributed by atoms with Crippen molar-refractivity contribution in [1.82, 2.24) is 0 Å². The van der Waals surface area contributed by atoms with Gasteiger partial charge in [-0.05, 0) is 44.0 Å². The Bertz CT molecular complexity index is 548. The Morgan fingerprint density at radius 1 is 1.00 bits per heavy atom. The first-order valence-electron chi connectivity index (χ1n) is 6.62. The summed E-state index contributed by atoms with van der Waals surface area (Å²) in [6.45, 7) is 6.36. The van der Waals surface area contributed by atoms with E-state index in [4.69, 9.17) is 5.73 Å². The number of benzene rings is 2. The van der Waals surface area contributed by atoms with Gasteiger partial charge in [-0.2, -0.15) is 0 Å². The molecule has 0 spiro atoms. The normalized spacial score (nSPS) is 14.1. The van der Waals surface area contributed by atoms with Gasteiger partial charge >= 0.3 is 0 Å². The Morgan fingerprint density at radius 2 is 1.74 bits per heavy atom. The smallest absolute Gasteiger partial charge is 0.0495 e. The number of hydrogen-bond acceptors (Lipinski definition) is 2. The van der Waals surface area contributed by atoms with Gasteiger partial charge in [-0.1, -0.05) is 42.0 Å². The molecule has 2 rings (SSSR count). The van der Waals surface area contributed by atoms with Crippen LogP contribution in [0.15, 0.2) is 53.4 Å². The van der Waals surface area contributed by atoms with E-state index in [0.717, 1.165) is 0 Å². The highest BCUT2D eigenvalue weighted by Gasteiger charge is 2.19. The van der Waals surface area contributed by atoms with E-state index >= 15 is 0 Å². The molecule has 2 N–H and O–H groups in total. The van der Waals surface area contributed by atoms with Gasteiger partial charge in [-0.3, -0.25) is 0 Å². The molecule has 0 fully saturated rings. The number of aryl methyl sites for hydroxylation is 2. The fraction of sp³-hybridized carbons (Fsp3) is 0.294. The van der Waals surface area contributed by atoms with Crippen molar-refractivity contribution in [2.75, 3.05) is 0 Å². The summed E-state index contributed by atoms with van der Waals surface area (Å²) in [7, 11) is 0. The van der Waals surface area contributed by atoms with Gasteiger partial charge in [-0.25, -0.2) is 0 Å². The molecular formula is C17H21NS. The topological polar surface area (TPSA) is 26.0 Å². The Balaban J connectivity index is 2.29. The van der Waals surface area contributed by atoms with E-state index in [1.54, 1.807) is 0 Å². The zero-order valence-electron chi connectivity index (χ0n) is 11.8. The van der Waals surface area contributed by atoms with Crippen LogP contribution in [0.2, 0.25) is 0 Å². The average molecular weight is 271 g/mol. The molecule has 0 heterocycles. The van der Waals surface area contributed by atoms with Crippen molar-refractivity contribution in [1.29, 1.82) is 0 Å². The number of thioether (sulfide) groups is 1. The second-order valence-electron chi connectivity index (χ2n) is 5.07. The third-order valence-corrected chi connectivity index (χ3v) is 4.69. The second-order valence-corrected chi connectivity index (χ2v) is 6.29. The van der Waals surface area contributed by atoms with Crippen molar-refractivity contribution >= 4 is 11.8 Å². The van der Waals surface area contributed by atoms with Gasteiger partial charge < -0.3 is 5.73 Å². The summed E-state index contributed by atoms with van der Waals surface area (Å²) in [5.41, 5.74) is 10.1. The predicted molar refractivity (Wildman–Crippen MR) is 84.6 cm³/mol. The SMILES string of the molecule is Cc1cccc(SC(c2ccccc2C)C(C)N)c1. The van der Waals surface area contributed by atoms with Crippen LogP contribution in [-0.4, -0.2) is 6.04 Å². The molecule has 100 valence electrons. The van der Waals surface area contributed by atoms with Gasteiger partial charge in [0.1, 0.15) is 0 Å². The molecule has 1 nitrogen and oxygen atoms in total. The van der Waals surface area contributed by atoms with Crippen molar-refractivity contribution in [3.05, 3.63) is 65.2 Å². The summed E-state index contributed by atoms with van der Waals surface area (Å²) < 4.78 is 0. The van der Waals surface area contributed by atoms with E-state index in [2.05, 4.69) is 69.3 Å². The zero-order valence-corrected chi connectivity index (χ0v) is 12.6. The Labute approximate surface area is 120 Å². The van der Waals surface area contributed by atoms with Crippen LogP contribution in [0, 0.1) is 13.8 Å². The molecule has 0 aliphatic rings. The van der Waals surface area contributed by atoms with Gasteiger partial charge in [0.05, 0.1) is 0 Å². The van der Waals surface area contributed by atoms with E-state index in [1.165, 1.54) is 21.6 Å². The van der Waals surface area contributed by atoms with Crippen LogP contribution in [0.4, 0.5) is 0 Å². The van der Waals surface area contributed by atoms with Gasteiger partial charge in [0.15, 0.2) is 0 Å². The standard InChI is InChI=1S/C17H21NS/c1-12-7-6-9-15(11-12)19-17(14(3)18)16-10-5-4-8-13(16)2/h4-11,14,17H,18H2,1-3H3. The Kier molecular flexibility index (Phi) is 4.67. The maximum atomic E-state index is 6.20. The molecule has 0 saturated carbocycles. The lowest BCUT2D eigenvalue weighted by molar-refractivity contribution is 0.718. The van der Waals surface area contributed by atoms with Crippen molar-refractivity contribution in [2.24, 2.45) is 5.73 Å². The van der Waals surface area contributed by atoms with E-state index in [1.807, 2.05) is 11.8 Å². The minimum Gasteiger partial charge on any atom is -0.327 e. The molecule has 0 aliphatic carbocycles. The zero-order chi connectivity index (χ0) is 13.8. The largest absolute Gasteiger partial charge is 0.327 e. The first kappa shape index (κ1) is 14.2. The molecule has 0 aromatic heterocycles. The van der Waals surface area contributed by atoms with Crippen LogP contribution in [0.25, 0.3) is 0 Å². The van der Waals surface area contributed by atoms with Crippen LogP contribution in [0.1, 0.15) is 28.9 Å². The minimum absolute atomic E-state index is 0.117. The van der Waals surface area contributed by atoms with Crippen molar-refractivity contribution < 1.29 is 0 Å². The molecular weight excluding hydrogens is 250 g/mol. The monoisotopic (exact) mass is 271 g/mol. The molecule has 2 aromatic rings. The lowest BCUT2D eigenvalue weighted by Gasteiger charge is -2.22. The van der Waals surface area contributed by atoms with Gasteiger partial charge in [0, 0.05) is 16.2 Å². The molecule has 0 radical (unpaired) electrons. The first-order valence-corrected chi connectivity index (χ1v) is 7.50. The summed E-state index contributed by atoms with van der Waals surface area (Å²) in [5, 5.41) is 0.294. The molecule has 2 unspecified atom stereocenters. The van der Waals surface area contributed by atoms with E-state index in [0.29, 0.717) is 5.25 Å². The summed E-state index contributed by atoms with van der Waals surface area (Å²) in [4.78, 5) is 1.28. The fourth-order valence-corrected chi connectivity index (χ4v) is 3.51. The van der Waals surface area contributed by atoms with Gasteiger partial charge in [-0.15, -0.1) is 11.8 Å². The Morgan fingerprint density at radius 3 is 2.37 bits per heavy atom. The lowest BCUT2D eigenvalue weighted by Crippen LogP contribution is -2.23. The van der Waals surface area contributed by atoms with E-state index in [-0.39, 0.29) is 6.04 Å². The molecule has 0 bridgehead atoms. The molecule has 0 amide bonds. The van der Waals surface area contributed by atoms with Gasteiger partial charge in [0.25, 0.3) is 0 Å². The van der Waals surface area contributed by atoms with Crippen molar-refractivity contribution in [3.8, 4) is 0 Å². The second kappa shape index (κ2) is 6.27.